The van der Waals surface area contributed by atoms with Crippen LogP contribution in [-0.4, -0.2) is 41.6 Å². The number of amides is 1. The number of hydrogen-bond donors (Lipinski definition) is 4. The van der Waals surface area contributed by atoms with E-state index < -0.39 is 34.4 Å². The number of aromatic nitrogens is 2. The zero-order chi connectivity index (χ0) is 14.8. The molecule has 0 aliphatic carbocycles. The Labute approximate surface area is 109 Å². The van der Waals surface area contributed by atoms with Crippen LogP contribution in [0.5, 0.6) is 0 Å². The SMILES string of the molecule is Cc1n[nH]c(C)c1S(=O)(=O)N[C@H](CC(N)=O)C(=O)O. The molecule has 0 fully saturated rings. The van der Waals surface area contributed by atoms with Gasteiger partial charge in [0.15, 0.2) is 0 Å². The number of nitrogens with zero attached hydrogens (tertiary/aromatic N) is 1. The van der Waals surface area contributed by atoms with Crippen molar-refractivity contribution < 1.29 is 23.1 Å². The second-order valence-corrected chi connectivity index (χ2v) is 5.60. The minimum Gasteiger partial charge on any atom is -0.480 e. The highest BCUT2D eigenvalue weighted by Gasteiger charge is 2.30. The molecule has 0 unspecified atom stereocenters. The maximum atomic E-state index is 12.0. The Hall–Kier alpha value is -1.94. The molecule has 0 radical (unpaired) electrons. The van der Waals surface area contributed by atoms with Gasteiger partial charge in [0, 0.05) is 0 Å². The standard InChI is InChI=1S/C9H14N4O5S/c1-4-8(5(2)12-11-4)19(17,18)13-6(9(15)16)3-7(10)14/h6,13H,3H2,1-2H3,(H2,10,14)(H,11,12)(H,15,16)/t6-/m1/s1. The summed E-state index contributed by atoms with van der Waals surface area (Å²) in [4.78, 5) is 21.5. The lowest BCUT2D eigenvalue weighted by Gasteiger charge is -2.13. The number of rotatable bonds is 6. The van der Waals surface area contributed by atoms with Crippen LogP contribution in [0.1, 0.15) is 17.8 Å². The summed E-state index contributed by atoms with van der Waals surface area (Å²) in [5, 5.41) is 15.1. The third-order valence-corrected chi connectivity index (χ3v) is 4.06. The second kappa shape index (κ2) is 5.36. The summed E-state index contributed by atoms with van der Waals surface area (Å²) in [6, 6.07) is -1.61. The zero-order valence-electron chi connectivity index (χ0n) is 10.3. The van der Waals surface area contributed by atoms with Crippen LogP contribution >= 0.6 is 0 Å². The zero-order valence-corrected chi connectivity index (χ0v) is 11.1. The molecule has 1 aromatic heterocycles. The van der Waals surface area contributed by atoms with Crippen molar-refractivity contribution in [3.05, 3.63) is 11.4 Å². The number of carboxylic acid groups (broad SMARTS) is 1. The van der Waals surface area contributed by atoms with Crippen molar-refractivity contribution in [2.24, 2.45) is 5.73 Å². The Kier molecular flexibility index (Phi) is 4.27. The number of aliphatic carboxylic acids is 1. The Morgan fingerprint density at radius 3 is 2.42 bits per heavy atom. The topological polar surface area (TPSA) is 155 Å². The number of nitrogens with two attached hydrogens (primary N) is 1. The van der Waals surface area contributed by atoms with Gasteiger partial charge in [0.05, 0.1) is 17.8 Å². The minimum atomic E-state index is -4.10. The fourth-order valence-corrected chi connectivity index (χ4v) is 3.12. The molecule has 1 rings (SSSR count). The average molecular weight is 290 g/mol. The third kappa shape index (κ3) is 3.51. The van der Waals surface area contributed by atoms with Gasteiger partial charge in [-0.1, -0.05) is 0 Å². The summed E-state index contributed by atoms with van der Waals surface area (Å²) in [5.41, 5.74) is 5.35. The molecule has 0 aromatic carbocycles. The lowest BCUT2D eigenvalue weighted by Crippen LogP contribution is -2.43. The van der Waals surface area contributed by atoms with Crippen molar-refractivity contribution in [3.8, 4) is 0 Å². The molecular weight excluding hydrogens is 276 g/mol. The number of carboxylic acids is 1. The van der Waals surface area contributed by atoms with E-state index in [1.54, 1.807) is 0 Å². The number of H-pyrrole nitrogens is 1. The molecule has 1 atom stereocenters. The molecule has 106 valence electrons. The van der Waals surface area contributed by atoms with Gasteiger partial charge in [-0.3, -0.25) is 14.7 Å². The molecule has 0 aliphatic heterocycles. The smallest absolute Gasteiger partial charge is 0.322 e. The first-order valence-corrected chi connectivity index (χ1v) is 6.68. The maximum absolute atomic E-state index is 12.0. The van der Waals surface area contributed by atoms with Crippen LogP contribution in [0.2, 0.25) is 0 Å². The van der Waals surface area contributed by atoms with E-state index in [0.717, 1.165) is 0 Å². The lowest BCUT2D eigenvalue weighted by molar-refractivity contribution is -0.140. The quantitative estimate of drug-likeness (QED) is 0.506. The van der Waals surface area contributed by atoms with E-state index in [4.69, 9.17) is 10.8 Å². The van der Waals surface area contributed by atoms with Gasteiger partial charge in [0.2, 0.25) is 15.9 Å². The fourth-order valence-electron chi connectivity index (χ4n) is 1.56. The summed E-state index contributed by atoms with van der Waals surface area (Å²) in [5.74, 6) is -2.41. The van der Waals surface area contributed by atoms with Crippen molar-refractivity contribution in [2.45, 2.75) is 31.2 Å². The first-order valence-electron chi connectivity index (χ1n) is 5.20. The Bertz CT molecular complexity index is 587. The van der Waals surface area contributed by atoms with Crippen molar-refractivity contribution in [1.82, 2.24) is 14.9 Å². The highest BCUT2D eigenvalue weighted by molar-refractivity contribution is 7.89. The van der Waals surface area contributed by atoms with Gasteiger partial charge in [-0.2, -0.15) is 9.82 Å². The predicted molar refractivity (Wildman–Crippen MR) is 63.6 cm³/mol. The molecule has 1 heterocycles. The van der Waals surface area contributed by atoms with Crippen LogP contribution < -0.4 is 10.5 Å². The number of aromatic amines is 1. The molecule has 5 N–H and O–H groups in total. The number of hydrogen-bond acceptors (Lipinski definition) is 5. The Morgan fingerprint density at radius 2 is 2.05 bits per heavy atom. The summed E-state index contributed by atoms with van der Waals surface area (Å²) in [6.07, 6.45) is -0.634. The first kappa shape index (κ1) is 15.1. The number of carbonyl (C=O) groups is 2. The monoisotopic (exact) mass is 290 g/mol. The molecule has 0 saturated heterocycles. The van der Waals surface area contributed by atoms with Crippen LogP contribution in [0, 0.1) is 13.8 Å². The normalized spacial score (nSPS) is 13.2. The first-order chi connectivity index (χ1) is 8.65. The number of sulfonamides is 1. The van der Waals surface area contributed by atoms with Gasteiger partial charge in [0.1, 0.15) is 10.9 Å². The number of nitrogens with one attached hydrogen (secondary N) is 2. The van der Waals surface area contributed by atoms with E-state index in [1.807, 2.05) is 4.72 Å². The van der Waals surface area contributed by atoms with Gasteiger partial charge in [-0.05, 0) is 13.8 Å². The van der Waals surface area contributed by atoms with Gasteiger partial charge in [0.25, 0.3) is 0 Å². The van der Waals surface area contributed by atoms with E-state index in [2.05, 4.69) is 10.2 Å². The molecular formula is C9H14N4O5S. The third-order valence-electron chi connectivity index (χ3n) is 2.33. The fraction of sp³-hybridized carbons (Fsp3) is 0.444. The van der Waals surface area contributed by atoms with Crippen molar-refractivity contribution >= 4 is 21.9 Å². The largest absolute Gasteiger partial charge is 0.480 e. The van der Waals surface area contributed by atoms with E-state index in [9.17, 15) is 18.0 Å². The minimum absolute atomic E-state index is 0.136. The molecule has 0 bridgehead atoms. The highest BCUT2D eigenvalue weighted by Crippen LogP contribution is 2.17. The van der Waals surface area contributed by atoms with Gasteiger partial charge in [-0.15, -0.1) is 0 Å². The maximum Gasteiger partial charge on any atom is 0.322 e. The second-order valence-electron chi connectivity index (χ2n) is 3.95. The van der Waals surface area contributed by atoms with Crippen LogP contribution in [0.15, 0.2) is 4.90 Å². The molecule has 0 aliphatic rings. The number of aryl methyl sites for hydroxylation is 2. The van der Waals surface area contributed by atoms with E-state index in [0.29, 0.717) is 0 Å². The molecule has 1 amide bonds. The van der Waals surface area contributed by atoms with Crippen molar-refractivity contribution in [1.29, 1.82) is 0 Å². The van der Waals surface area contributed by atoms with E-state index in [-0.39, 0.29) is 16.3 Å². The summed E-state index contributed by atoms with van der Waals surface area (Å²) < 4.78 is 26.0. The molecule has 0 saturated carbocycles. The van der Waals surface area contributed by atoms with Crippen LogP contribution in [0.25, 0.3) is 0 Å². The lowest BCUT2D eigenvalue weighted by atomic mass is 10.2. The molecule has 0 spiro atoms. The summed E-state index contributed by atoms with van der Waals surface area (Å²) >= 11 is 0. The van der Waals surface area contributed by atoms with Crippen molar-refractivity contribution in [3.63, 3.8) is 0 Å². The average Bonchev–Trinajstić information content (AvgIpc) is 2.56. The number of carbonyl (C=O) groups excluding carboxylic acids is 1. The summed E-state index contributed by atoms with van der Waals surface area (Å²) in [7, 11) is -4.10. The van der Waals surface area contributed by atoms with Gasteiger partial charge < -0.3 is 10.8 Å². The molecule has 9 nitrogen and oxygen atoms in total. The molecule has 19 heavy (non-hydrogen) atoms. The van der Waals surface area contributed by atoms with Crippen LogP contribution in [0.4, 0.5) is 0 Å². The van der Waals surface area contributed by atoms with E-state index in [1.165, 1.54) is 13.8 Å². The highest BCUT2D eigenvalue weighted by atomic mass is 32.2. The van der Waals surface area contributed by atoms with E-state index >= 15 is 0 Å². The van der Waals surface area contributed by atoms with Gasteiger partial charge in [-0.25, -0.2) is 8.42 Å². The Balaban J connectivity index is 3.08. The predicted octanol–water partition coefficient (Wildman–Crippen LogP) is -1.37. The molecule has 10 heteroatoms. The van der Waals surface area contributed by atoms with Crippen LogP contribution in [0.3, 0.4) is 0 Å². The summed E-state index contributed by atoms with van der Waals surface area (Å²) in [6.45, 7) is 2.94. The number of primary amides is 1. The van der Waals surface area contributed by atoms with Crippen LogP contribution in [-0.2, 0) is 19.6 Å². The molecule has 1 aromatic rings. The van der Waals surface area contributed by atoms with Gasteiger partial charge >= 0.3 is 5.97 Å². The Morgan fingerprint density at radius 1 is 1.47 bits per heavy atom. The van der Waals surface area contributed by atoms with Crippen molar-refractivity contribution in [2.75, 3.05) is 0 Å².